The van der Waals surface area contributed by atoms with Crippen LogP contribution in [0.5, 0.6) is 0 Å². The van der Waals surface area contributed by atoms with Gasteiger partial charge in [0.25, 0.3) is 0 Å². The largest absolute Gasteiger partial charge is 0.401 e. The molecule has 1 aliphatic rings. The molecule has 0 aliphatic carbocycles. The molecule has 0 saturated carbocycles. The minimum Gasteiger partial charge on any atom is -0.381 e. The molecular formula is C14H19F3N2O. The number of halogens is 3. The number of hydrogen-bond acceptors (Lipinski definition) is 3. The van der Waals surface area contributed by atoms with Crippen molar-refractivity contribution in [3.05, 3.63) is 29.1 Å². The van der Waals surface area contributed by atoms with E-state index >= 15 is 0 Å². The van der Waals surface area contributed by atoms with E-state index < -0.39 is 12.7 Å². The molecule has 112 valence electrons. The number of aryl methyl sites for hydroxylation is 1. The Hall–Kier alpha value is -1.14. The quantitative estimate of drug-likeness (QED) is 0.852. The standard InChI is InChI=1S/C14H19F3N2O/c1-10-3-4-12(11-5-6-20-8-11)13(18-10)7-19(2)9-14(15,16)17/h3-4,11H,5-9H2,1-2H3/t11-/m1/s1. The van der Waals surface area contributed by atoms with Crippen molar-refractivity contribution in [2.24, 2.45) is 0 Å². The lowest BCUT2D eigenvalue weighted by atomic mass is 9.96. The van der Waals surface area contributed by atoms with Gasteiger partial charge in [0.2, 0.25) is 0 Å². The van der Waals surface area contributed by atoms with Crippen LogP contribution in [0.3, 0.4) is 0 Å². The summed E-state index contributed by atoms with van der Waals surface area (Å²) in [5, 5.41) is 0. The molecule has 0 spiro atoms. The zero-order valence-corrected chi connectivity index (χ0v) is 11.7. The molecule has 1 saturated heterocycles. The van der Waals surface area contributed by atoms with Crippen molar-refractivity contribution in [2.75, 3.05) is 26.8 Å². The summed E-state index contributed by atoms with van der Waals surface area (Å²) in [6.07, 6.45) is -3.28. The molecule has 20 heavy (non-hydrogen) atoms. The Labute approximate surface area is 116 Å². The van der Waals surface area contributed by atoms with E-state index in [4.69, 9.17) is 4.74 Å². The van der Waals surface area contributed by atoms with E-state index in [0.717, 1.165) is 23.4 Å². The summed E-state index contributed by atoms with van der Waals surface area (Å²) < 4.78 is 42.6. The molecule has 0 bridgehead atoms. The lowest BCUT2D eigenvalue weighted by molar-refractivity contribution is -0.144. The number of hydrogen-bond donors (Lipinski definition) is 0. The summed E-state index contributed by atoms with van der Waals surface area (Å²) in [7, 11) is 1.46. The fourth-order valence-corrected chi connectivity index (χ4v) is 2.52. The first-order valence-corrected chi connectivity index (χ1v) is 6.64. The van der Waals surface area contributed by atoms with Gasteiger partial charge in [0.15, 0.2) is 0 Å². The molecule has 0 amide bonds. The monoisotopic (exact) mass is 288 g/mol. The highest BCUT2D eigenvalue weighted by atomic mass is 19.4. The average Bonchev–Trinajstić information content (AvgIpc) is 2.79. The van der Waals surface area contributed by atoms with Crippen molar-refractivity contribution in [1.29, 1.82) is 0 Å². The molecule has 1 fully saturated rings. The minimum atomic E-state index is -4.19. The highest BCUT2D eigenvalue weighted by Gasteiger charge is 2.30. The van der Waals surface area contributed by atoms with Crippen molar-refractivity contribution in [2.45, 2.75) is 32.0 Å². The molecule has 0 radical (unpaired) electrons. The minimum absolute atomic E-state index is 0.201. The van der Waals surface area contributed by atoms with E-state index in [1.807, 2.05) is 19.1 Å². The lowest BCUT2D eigenvalue weighted by Crippen LogP contribution is -2.31. The second-order valence-corrected chi connectivity index (χ2v) is 5.34. The first-order valence-electron chi connectivity index (χ1n) is 6.64. The Morgan fingerprint density at radius 1 is 1.40 bits per heavy atom. The van der Waals surface area contributed by atoms with Crippen LogP contribution in [0, 0.1) is 6.92 Å². The second-order valence-electron chi connectivity index (χ2n) is 5.34. The predicted molar refractivity (Wildman–Crippen MR) is 69.5 cm³/mol. The SMILES string of the molecule is Cc1ccc([C@@H]2CCOC2)c(CN(C)CC(F)(F)F)n1. The van der Waals surface area contributed by atoms with Gasteiger partial charge in [0.05, 0.1) is 18.8 Å². The van der Waals surface area contributed by atoms with Crippen molar-refractivity contribution in [3.8, 4) is 0 Å². The van der Waals surface area contributed by atoms with Crippen molar-refractivity contribution >= 4 is 0 Å². The number of pyridine rings is 1. The maximum absolute atomic E-state index is 12.4. The third-order valence-electron chi connectivity index (χ3n) is 3.39. The van der Waals surface area contributed by atoms with Gasteiger partial charge in [-0.15, -0.1) is 0 Å². The smallest absolute Gasteiger partial charge is 0.381 e. The molecule has 6 heteroatoms. The fraction of sp³-hybridized carbons (Fsp3) is 0.643. The van der Waals surface area contributed by atoms with E-state index in [1.54, 1.807) is 0 Å². The van der Waals surface area contributed by atoms with Gasteiger partial charge in [-0.1, -0.05) is 6.07 Å². The van der Waals surface area contributed by atoms with Crippen LogP contribution in [-0.4, -0.2) is 42.9 Å². The van der Waals surface area contributed by atoms with E-state index in [1.165, 1.54) is 11.9 Å². The number of ether oxygens (including phenoxy) is 1. The molecule has 0 aromatic carbocycles. The van der Waals surface area contributed by atoms with Crippen molar-refractivity contribution < 1.29 is 17.9 Å². The average molecular weight is 288 g/mol. The molecule has 2 rings (SSSR count). The Bertz CT molecular complexity index is 456. The molecule has 3 nitrogen and oxygen atoms in total. The number of alkyl halides is 3. The van der Waals surface area contributed by atoms with Gasteiger partial charge >= 0.3 is 6.18 Å². The van der Waals surface area contributed by atoms with Crippen LogP contribution in [0.25, 0.3) is 0 Å². The second kappa shape index (κ2) is 6.10. The van der Waals surface area contributed by atoms with Gasteiger partial charge in [-0.05, 0) is 32.0 Å². The molecule has 1 atom stereocenters. The summed E-state index contributed by atoms with van der Waals surface area (Å²) in [5.74, 6) is 0.248. The van der Waals surface area contributed by atoms with Gasteiger partial charge in [-0.3, -0.25) is 9.88 Å². The van der Waals surface area contributed by atoms with Crippen LogP contribution >= 0.6 is 0 Å². The van der Waals surface area contributed by atoms with E-state index in [0.29, 0.717) is 13.2 Å². The van der Waals surface area contributed by atoms with Crippen LogP contribution < -0.4 is 0 Å². The number of rotatable bonds is 4. The van der Waals surface area contributed by atoms with E-state index in [9.17, 15) is 13.2 Å². The molecule has 1 aliphatic heterocycles. The van der Waals surface area contributed by atoms with Crippen LogP contribution in [0.1, 0.15) is 29.3 Å². The highest BCUT2D eigenvalue weighted by Crippen LogP contribution is 2.28. The van der Waals surface area contributed by atoms with Crippen molar-refractivity contribution in [1.82, 2.24) is 9.88 Å². The van der Waals surface area contributed by atoms with Gasteiger partial charge < -0.3 is 4.74 Å². The van der Waals surface area contributed by atoms with Gasteiger partial charge in [0, 0.05) is 24.8 Å². The normalized spacial score (nSPS) is 19.8. The number of aromatic nitrogens is 1. The van der Waals surface area contributed by atoms with Crippen LogP contribution in [0.2, 0.25) is 0 Å². The molecular weight excluding hydrogens is 269 g/mol. The summed E-state index contributed by atoms with van der Waals surface area (Å²) in [6.45, 7) is 2.45. The van der Waals surface area contributed by atoms with Crippen LogP contribution in [0.4, 0.5) is 13.2 Å². The Morgan fingerprint density at radius 3 is 2.75 bits per heavy atom. The van der Waals surface area contributed by atoms with Crippen molar-refractivity contribution in [3.63, 3.8) is 0 Å². The number of nitrogens with zero attached hydrogens (tertiary/aromatic N) is 2. The molecule has 0 unspecified atom stereocenters. The van der Waals surface area contributed by atoms with Gasteiger partial charge in [-0.2, -0.15) is 13.2 Å². The molecule has 1 aromatic heterocycles. The first kappa shape index (κ1) is 15.3. The molecule has 1 aromatic rings. The van der Waals surface area contributed by atoms with E-state index in [-0.39, 0.29) is 12.5 Å². The third-order valence-corrected chi connectivity index (χ3v) is 3.39. The van der Waals surface area contributed by atoms with Crippen LogP contribution in [0.15, 0.2) is 12.1 Å². The Balaban J connectivity index is 2.14. The maximum atomic E-state index is 12.4. The summed E-state index contributed by atoms with van der Waals surface area (Å²) in [4.78, 5) is 5.67. The first-order chi connectivity index (χ1) is 9.35. The zero-order valence-electron chi connectivity index (χ0n) is 11.7. The fourth-order valence-electron chi connectivity index (χ4n) is 2.52. The molecule has 0 N–H and O–H groups in total. The summed E-state index contributed by atoms with van der Waals surface area (Å²) in [6, 6.07) is 3.87. The highest BCUT2D eigenvalue weighted by molar-refractivity contribution is 5.27. The third kappa shape index (κ3) is 4.18. The van der Waals surface area contributed by atoms with Gasteiger partial charge in [0.1, 0.15) is 0 Å². The summed E-state index contributed by atoms with van der Waals surface area (Å²) >= 11 is 0. The summed E-state index contributed by atoms with van der Waals surface area (Å²) in [5.41, 5.74) is 2.57. The van der Waals surface area contributed by atoms with Crippen LogP contribution in [-0.2, 0) is 11.3 Å². The Kier molecular flexibility index (Phi) is 4.65. The maximum Gasteiger partial charge on any atom is 0.401 e. The van der Waals surface area contributed by atoms with Gasteiger partial charge in [-0.25, -0.2) is 0 Å². The predicted octanol–water partition coefficient (Wildman–Crippen LogP) is 2.89. The van der Waals surface area contributed by atoms with E-state index in [2.05, 4.69) is 4.98 Å². The molecule has 2 heterocycles. The lowest BCUT2D eigenvalue weighted by Gasteiger charge is -2.21. The Morgan fingerprint density at radius 2 is 2.15 bits per heavy atom. The zero-order chi connectivity index (χ0) is 14.8. The topological polar surface area (TPSA) is 25.4 Å².